The second-order valence-electron chi connectivity index (χ2n) is 4.51. The van der Waals surface area contributed by atoms with Crippen LogP contribution in [0.3, 0.4) is 0 Å². The molecule has 0 unspecified atom stereocenters. The minimum absolute atomic E-state index is 0.222. The van der Waals surface area contributed by atoms with Crippen molar-refractivity contribution >= 4 is 5.91 Å². The van der Waals surface area contributed by atoms with E-state index in [2.05, 4.69) is 9.39 Å². The van der Waals surface area contributed by atoms with Crippen LogP contribution < -0.4 is 18.3 Å². The number of nitrogens with zero attached hydrogens (tertiary/aromatic N) is 2. The van der Waals surface area contributed by atoms with Gasteiger partial charge in [0, 0.05) is 12.3 Å². The van der Waals surface area contributed by atoms with E-state index in [4.69, 9.17) is 0 Å². The Hall–Kier alpha value is -1.15. The third kappa shape index (κ3) is 3.67. The average Bonchev–Trinajstić information content (AvgIpc) is 2.43. The van der Waals surface area contributed by atoms with Gasteiger partial charge in [-0.05, 0) is 0 Å². The lowest BCUT2D eigenvalue weighted by atomic mass is 9.92. The predicted molar refractivity (Wildman–Crippen MR) is 47.9 cm³/mol. The molecule has 8 heteroatoms. The maximum Gasteiger partial charge on any atom is 0.330 e. The van der Waals surface area contributed by atoms with Crippen LogP contribution >= 0.6 is 0 Å². The Bertz CT molecular complexity index is 430. The number of carbonyl (C=O) groups is 1. The average molecular weight is 265 g/mol. The van der Waals surface area contributed by atoms with Crippen LogP contribution in [-0.4, -0.2) is 15.7 Å². The van der Waals surface area contributed by atoms with Crippen LogP contribution in [0.5, 0.6) is 5.75 Å². The SMILES string of the molecule is CC(=O)n1cc(O[Cl+3]([O-])([O-])[O-])c(C(C)(C)C)n1. The molecule has 0 bridgehead atoms. The Morgan fingerprint density at radius 1 is 1.41 bits per heavy atom. The van der Waals surface area contributed by atoms with Gasteiger partial charge in [-0.25, -0.2) is 4.68 Å². The predicted octanol–water partition coefficient (Wildman–Crippen LogP) is -1.88. The van der Waals surface area contributed by atoms with Crippen molar-refractivity contribution in [3.05, 3.63) is 11.9 Å². The van der Waals surface area contributed by atoms with Crippen molar-refractivity contribution in [2.75, 3.05) is 0 Å². The molecule has 1 rings (SSSR count). The first-order valence-electron chi connectivity index (χ1n) is 4.72. The molecule has 0 saturated carbocycles. The van der Waals surface area contributed by atoms with Crippen molar-refractivity contribution in [3.63, 3.8) is 0 Å². The van der Waals surface area contributed by atoms with Gasteiger partial charge in [0.15, 0.2) is 0 Å². The Labute approximate surface area is 100 Å². The van der Waals surface area contributed by atoms with Gasteiger partial charge in [-0.15, -0.1) is 0 Å². The summed E-state index contributed by atoms with van der Waals surface area (Å²) in [5, 5.41) is 3.90. The summed E-state index contributed by atoms with van der Waals surface area (Å²) in [4.78, 5) is 11.1. The molecule has 0 N–H and O–H groups in total. The van der Waals surface area contributed by atoms with Gasteiger partial charge in [0.1, 0.15) is 15.9 Å². The molecular weight excluding hydrogens is 252 g/mol. The number of hydrogen-bond acceptors (Lipinski definition) is 6. The molecule has 0 fully saturated rings. The monoisotopic (exact) mass is 264 g/mol. The largest absolute Gasteiger partial charge is 0.330 e. The summed E-state index contributed by atoms with van der Waals surface area (Å²) in [5.74, 6) is -0.644. The van der Waals surface area contributed by atoms with Crippen LogP contribution in [0.2, 0.25) is 0 Å². The molecule has 0 saturated heterocycles. The summed E-state index contributed by atoms with van der Waals surface area (Å²) < 4.78 is 36.8. The molecule has 96 valence electrons. The van der Waals surface area contributed by atoms with Gasteiger partial charge in [-0.1, -0.05) is 25.1 Å². The van der Waals surface area contributed by atoms with Gasteiger partial charge < -0.3 is 0 Å². The summed E-state index contributed by atoms with van der Waals surface area (Å²) in [7, 11) is -4.61. The summed E-state index contributed by atoms with van der Waals surface area (Å²) in [6, 6.07) is 0. The zero-order valence-electron chi connectivity index (χ0n) is 9.89. The van der Waals surface area contributed by atoms with E-state index in [-0.39, 0.29) is 11.4 Å². The molecule has 17 heavy (non-hydrogen) atoms. The molecule has 1 heterocycles. The molecule has 0 spiro atoms. The van der Waals surface area contributed by atoms with Crippen LogP contribution in [0.15, 0.2) is 6.20 Å². The first-order chi connectivity index (χ1) is 7.50. The molecule has 1 aromatic rings. The lowest BCUT2D eigenvalue weighted by Crippen LogP contribution is -2.63. The highest BCUT2D eigenvalue weighted by Gasteiger charge is 2.32. The maximum absolute atomic E-state index is 11.1. The molecule has 1 aromatic heterocycles. The van der Waals surface area contributed by atoms with Crippen LogP contribution in [0.25, 0.3) is 0 Å². The van der Waals surface area contributed by atoms with Crippen molar-refractivity contribution in [3.8, 4) is 5.75 Å². The van der Waals surface area contributed by atoms with E-state index >= 15 is 0 Å². The highest BCUT2D eigenvalue weighted by molar-refractivity contribution is 5.75. The van der Waals surface area contributed by atoms with Crippen LogP contribution in [0, 0.1) is 10.2 Å². The van der Waals surface area contributed by atoms with E-state index in [9.17, 15) is 18.8 Å². The van der Waals surface area contributed by atoms with Gasteiger partial charge >= 0.3 is 5.75 Å². The van der Waals surface area contributed by atoms with Gasteiger partial charge in [-0.2, -0.15) is 19.1 Å². The van der Waals surface area contributed by atoms with Crippen LogP contribution in [0.1, 0.15) is 38.2 Å². The minimum Gasteiger partial charge on any atom is -0.273 e. The zero-order chi connectivity index (χ0) is 13.4. The lowest BCUT2D eigenvalue weighted by molar-refractivity contribution is -1.91. The Morgan fingerprint density at radius 2 is 1.94 bits per heavy atom. The molecule has 0 amide bonds. The molecule has 0 atom stereocenters. The summed E-state index contributed by atoms with van der Waals surface area (Å²) in [5.41, 5.74) is -0.337. The number of halogens is 1. The minimum atomic E-state index is -4.61. The van der Waals surface area contributed by atoms with Crippen molar-refractivity contribution in [2.45, 2.75) is 33.1 Å². The van der Waals surface area contributed by atoms with E-state index in [0.717, 1.165) is 10.9 Å². The maximum atomic E-state index is 11.1. The Morgan fingerprint density at radius 3 is 2.29 bits per heavy atom. The first kappa shape index (κ1) is 13.9. The zero-order valence-corrected chi connectivity index (χ0v) is 10.6. The van der Waals surface area contributed by atoms with E-state index in [1.54, 1.807) is 20.8 Å². The molecule has 0 aliphatic heterocycles. The van der Waals surface area contributed by atoms with Gasteiger partial charge in [0.25, 0.3) is 0 Å². The smallest absolute Gasteiger partial charge is 0.273 e. The Kier molecular flexibility index (Phi) is 3.49. The van der Waals surface area contributed by atoms with Crippen LogP contribution in [0.4, 0.5) is 0 Å². The van der Waals surface area contributed by atoms with Crippen LogP contribution in [-0.2, 0) is 5.41 Å². The van der Waals surface area contributed by atoms with Crippen molar-refractivity contribution in [1.82, 2.24) is 9.78 Å². The highest BCUT2D eigenvalue weighted by atomic mass is 35.7. The number of aromatic nitrogens is 2. The normalized spacial score (nSPS) is 12.6. The third-order valence-electron chi connectivity index (χ3n) is 1.89. The number of hydrogen-bond donors (Lipinski definition) is 0. The third-order valence-corrected chi connectivity index (χ3v) is 2.25. The number of rotatable bonds is 2. The van der Waals surface area contributed by atoms with E-state index in [0.29, 0.717) is 0 Å². The fraction of sp³-hybridized carbons (Fsp3) is 0.556. The standard InChI is InChI=1S/C9H13ClN2O5/c1-6(13)12-5-7(17-10(14,15)16)8(11-12)9(2,3)4/h5H,1-4H3. The summed E-state index contributed by atoms with van der Waals surface area (Å²) in [6.45, 7) is 6.51. The van der Waals surface area contributed by atoms with Crippen molar-refractivity contribution in [1.29, 1.82) is 0 Å². The summed E-state index contributed by atoms with van der Waals surface area (Å²) in [6.07, 6.45) is 1.07. The molecule has 0 aliphatic rings. The topological polar surface area (TPSA) is 113 Å². The summed E-state index contributed by atoms with van der Waals surface area (Å²) >= 11 is 0. The van der Waals surface area contributed by atoms with Gasteiger partial charge in [0.05, 0.1) is 6.20 Å². The molecule has 0 aromatic carbocycles. The fourth-order valence-electron chi connectivity index (χ4n) is 1.20. The van der Waals surface area contributed by atoms with Gasteiger partial charge in [-0.3, -0.25) is 4.79 Å². The van der Waals surface area contributed by atoms with Crippen molar-refractivity contribution in [2.24, 2.45) is 0 Å². The molecule has 7 nitrogen and oxygen atoms in total. The quantitative estimate of drug-likeness (QED) is 0.617. The number of carbonyl (C=O) groups excluding carboxylic acids is 1. The molecule has 0 aliphatic carbocycles. The Balaban J connectivity index is 3.22. The van der Waals surface area contributed by atoms with E-state index < -0.39 is 21.6 Å². The second kappa shape index (κ2) is 4.26. The van der Waals surface area contributed by atoms with Gasteiger partial charge in [0.2, 0.25) is 5.91 Å². The highest BCUT2D eigenvalue weighted by Crippen LogP contribution is 2.30. The lowest BCUT2D eigenvalue weighted by Gasteiger charge is -2.17. The van der Waals surface area contributed by atoms with Crippen molar-refractivity contribution < 1.29 is 33.3 Å². The first-order valence-corrected chi connectivity index (χ1v) is 5.95. The molecular formula is C9H13ClN2O5. The van der Waals surface area contributed by atoms with E-state index in [1.165, 1.54) is 6.92 Å². The second-order valence-corrected chi connectivity index (χ2v) is 5.42. The fourth-order valence-corrected chi connectivity index (χ4v) is 1.51. The van der Waals surface area contributed by atoms with E-state index in [1.807, 2.05) is 0 Å². The molecule has 0 radical (unpaired) electrons.